The molecule has 3 rings (SSSR count). The monoisotopic (exact) mass is 302 g/mol. The molecule has 1 aromatic carbocycles. The Labute approximate surface area is 128 Å². The minimum atomic E-state index is -0.388. The van der Waals surface area contributed by atoms with Gasteiger partial charge in [-0.1, -0.05) is 0 Å². The Bertz CT molecular complexity index is 636. The topological polar surface area (TPSA) is 55.6 Å². The number of nitrogens with two attached hydrogens (primary N) is 1. The number of rotatable bonds is 5. The first-order chi connectivity index (χ1) is 10.2. The lowest BCUT2D eigenvalue weighted by Crippen LogP contribution is -2.25. The molecular formula is C16H18N2O2S. The van der Waals surface area contributed by atoms with Crippen LogP contribution in [-0.2, 0) is 11.3 Å². The van der Waals surface area contributed by atoms with Gasteiger partial charge in [-0.2, -0.15) is 11.3 Å². The summed E-state index contributed by atoms with van der Waals surface area (Å²) >= 11 is 1.70. The van der Waals surface area contributed by atoms with Crippen molar-refractivity contribution in [3.8, 4) is 0 Å². The van der Waals surface area contributed by atoms with Crippen LogP contribution < -0.4 is 10.6 Å². The Balaban J connectivity index is 1.90. The molecule has 1 aromatic heterocycles. The lowest BCUT2D eigenvalue weighted by atomic mass is 10.1. The van der Waals surface area contributed by atoms with Gasteiger partial charge in [-0.25, -0.2) is 4.79 Å². The van der Waals surface area contributed by atoms with Gasteiger partial charge in [-0.05, 0) is 53.4 Å². The third-order valence-corrected chi connectivity index (χ3v) is 4.43. The lowest BCUT2D eigenvalue weighted by Gasteiger charge is -2.25. The summed E-state index contributed by atoms with van der Waals surface area (Å²) < 4.78 is 4.80. The van der Waals surface area contributed by atoms with Crippen LogP contribution in [0.5, 0.6) is 0 Å². The van der Waals surface area contributed by atoms with Gasteiger partial charge in [0.25, 0.3) is 0 Å². The molecule has 1 aliphatic rings. The Hall–Kier alpha value is -2.01. The molecule has 2 N–H and O–H groups in total. The fraction of sp³-hybridized carbons (Fsp3) is 0.312. The zero-order chi connectivity index (χ0) is 14.8. The van der Waals surface area contributed by atoms with Gasteiger partial charge in [0.15, 0.2) is 0 Å². The van der Waals surface area contributed by atoms with E-state index in [-0.39, 0.29) is 5.97 Å². The average molecular weight is 302 g/mol. The first kappa shape index (κ1) is 13.9. The van der Waals surface area contributed by atoms with E-state index in [0.29, 0.717) is 17.3 Å². The van der Waals surface area contributed by atoms with E-state index in [0.717, 1.165) is 12.2 Å². The second-order valence-electron chi connectivity index (χ2n) is 5.25. The van der Waals surface area contributed by atoms with Gasteiger partial charge in [0.05, 0.1) is 12.7 Å². The molecule has 0 radical (unpaired) electrons. The van der Waals surface area contributed by atoms with Crippen molar-refractivity contribution in [2.45, 2.75) is 25.4 Å². The van der Waals surface area contributed by atoms with Crippen molar-refractivity contribution in [1.29, 1.82) is 0 Å². The number of esters is 1. The van der Waals surface area contributed by atoms with Crippen molar-refractivity contribution in [3.05, 3.63) is 46.2 Å². The molecule has 1 heterocycles. The standard InChI is InChI=1S/C16H18N2O2S/c1-20-16(19)14-8-13(4-5-15(14)17)18(12-2-3-12)9-11-6-7-21-10-11/h4-8,10,12H,2-3,9,17H2,1H3. The molecule has 0 aliphatic heterocycles. The largest absolute Gasteiger partial charge is 0.465 e. The number of anilines is 2. The highest BCUT2D eigenvalue weighted by atomic mass is 32.1. The maximum atomic E-state index is 11.8. The summed E-state index contributed by atoms with van der Waals surface area (Å²) in [5, 5.41) is 4.25. The number of carbonyl (C=O) groups is 1. The molecule has 0 atom stereocenters. The number of hydrogen-bond acceptors (Lipinski definition) is 5. The highest BCUT2D eigenvalue weighted by Crippen LogP contribution is 2.34. The van der Waals surface area contributed by atoms with E-state index in [2.05, 4.69) is 21.7 Å². The Kier molecular flexibility index (Phi) is 3.84. The summed E-state index contributed by atoms with van der Waals surface area (Å²) in [7, 11) is 1.37. The number of methoxy groups -OCH3 is 1. The maximum absolute atomic E-state index is 11.8. The van der Waals surface area contributed by atoms with E-state index in [1.54, 1.807) is 17.4 Å². The van der Waals surface area contributed by atoms with Crippen LogP contribution in [-0.4, -0.2) is 19.1 Å². The molecular weight excluding hydrogens is 284 g/mol. The van der Waals surface area contributed by atoms with Crippen LogP contribution in [0.1, 0.15) is 28.8 Å². The second-order valence-corrected chi connectivity index (χ2v) is 6.03. The Morgan fingerprint density at radius 1 is 1.43 bits per heavy atom. The normalized spacial score (nSPS) is 14.0. The summed E-state index contributed by atoms with van der Waals surface area (Å²) in [4.78, 5) is 14.1. The van der Waals surface area contributed by atoms with E-state index < -0.39 is 0 Å². The van der Waals surface area contributed by atoms with Gasteiger partial charge in [0.1, 0.15) is 0 Å². The predicted molar refractivity (Wildman–Crippen MR) is 85.7 cm³/mol. The van der Waals surface area contributed by atoms with Crippen LogP contribution in [0.25, 0.3) is 0 Å². The van der Waals surface area contributed by atoms with E-state index in [1.165, 1.54) is 25.5 Å². The van der Waals surface area contributed by atoms with Gasteiger partial charge < -0.3 is 15.4 Å². The number of thiophene rings is 1. The molecule has 0 spiro atoms. The molecule has 5 heteroatoms. The molecule has 21 heavy (non-hydrogen) atoms. The molecule has 0 saturated heterocycles. The van der Waals surface area contributed by atoms with Crippen LogP contribution in [0, 0.1) is 0 Å². The molecule has 1 saturated carbocycles. The fourth-order valence-electron chi connectivity index (χ4n) is 2.41. The zero-order valence-electron chi connectivity index (χ0n) is 11.9. The number of benzene rings is 1. The van der Waals surface area contributed by atoms with Crippen molar-refractivity contribution in [2.24, 2.45) is 0 Å². The maximum Gasteiger partial charge on any atom is 0.340 e. The fourth-order valence-corrected chi connectivity index (χ4v) is 3.07. The average Bonchev–Trinajstić information content (AvgIpc) is 3.21. The van der Waals surface area contributed by atoms with Crippen LogP contribution in [0.4, 0.5) is 11.4 Å². The van der Waals surface area contributed by atoms with Crippen LogP contribution >= 0.6 is 11.3 Å². The number of carbonyl (C=O) groups excluding carboxylic acids is 1. The summed E-state index contributed by atoms with van der Waals surface area (Å²) in [6.07, 6.45) is 2.39. The van der Waals surface area contributed by atoms with Crippen LogP contribution in [0.15, 0.2) is 35.0 Å². The van der Waals surface area contributed by atoms with Gasteiger partial charge in [0.2, 0.25) is 0 Å². The van der Waals surface area contributed by atoms with Gasteiger partial charge in [0, 0.05) is 24.0 Å². The molecule has 0 unspecified atom stereocenters. The molecule has 0 bridgehead atoms. The van der Waals surface area contributed by atoms with E-state index in [4.69, 9.17) is 10.5 Å². The number of nitrogen functional groups attached to an aromatic ring is 1. The van der Waals surface area contributed by atoms with Crippen molar-refractivity contribution >= 4 is 28.7 Å². The first-order valence-corrected chi connectivity index (χ1v) is 7.89. The Morgan fingerprint density at radius 3 is 2.86 bits per heavy atom. The quantitative estimate of drug-likeness (QED) is 0.680. The van der Waals surface area contributed by atoms with Crippen molar-refractivity contribution in [3.63, 3.8) is 0 Å². The molecule has 110 valence electrons. The molecule has 1 fully saturated rings. The number of ether oxygens (including phenoxy) is 1. The predicted octanol–water partition coefficient (Wildman–Crippen LogP) is 3.29. The lowest BCUT2D eigenvalue weighted by molar-refractivity contribution is 0.0602. The number of nitrogens with zero attached hydrogens (tertiary/aromatic N) is 1. The van der Waals surface area contributed by atoms with E-state index in [9.17, 15) is 4.79 Å². The Morgan fingerprint density at radius 2 is 2.24 bits per heavy atom. The summed E-state index contributed by atoms with van der Waals surface area (Å²) in [5.41, 5.74) is 9.09. The van der Waals surface area contributed by atoms with Crippen LogP contribution in [0.2, 0.25) is 0 Å². The van der Waals surface area contributed by atoms with E-state index in [1.807, 2.05) is 12.1 Å². The number of hydrogen-bond donors (Lipinski definition) is 1. The van der Waals surface area contributed by atoms with Crippen molar-refractivity contribution in [1.82, 2.24) is 0 Å². The third-order valence-electron chi connectivity index (χ3n) is 3.69. The SMILES string of the molecule is COC(=O)c1cc(N(Cc2ccsc2)C2CC2)ccc1N. The minimum Gasteiger partial charge on any atom is -0.465 e. The van der Waals surface area contributed by atoms with Gasteiger partial charge >= 0.3 is 5.97 Å². The molecule has 2 aromatic rings. The molecule has 1 aliphatic carbocycles. The summed E-state index contributed by atoms with van der Waals surface area (Å²) in [5.74, 6) is -0.388. The first-order valence-electron chi connectivity index (χ1n) is 6.94. The van der Waals surface area contributed by atoms with Gasteiger partial charge in [-0.3, -0.25) is 0 Å². The van der Waals surface area contributed by atoms with E-state index >= 15 is 0 Å². The smallest absolute Gasteiger partial charge is 0.340 e. The third kappa shape index (κ3) is 3.03. The second kappa shape index (κ2) is 5.77. The van der Waals surface area contributed by atoms with Gasteiger partial charge in [-0.15, -0.1) is 0 Å². The summed E-state index contributed by atoms with van der Waals surface area (Å²) in [6, 6.07) is 8.29. The molecule has 0 amide bonds. The highest BCUT2D eigenvalue weighted by molar-refractivity contribution is 7.07. The highest BCUT2D eigenvalue weighted by Gasteiger charge is 2.30. The zero-order valence-corrected chi connectivity index (χ0v) is 12.7. The van der Waals surface area contributed by atoms with Crippen LogP contribution in [0.3, 0.4) is 0 Å². The summed E-state index contributed by atoms with van der Waals surface area (Å²) in [6.45, 7) is 0.860. The molecule has 4 nitrogen and oxygen atoms in total. The van der Waals surface area contributed by atoms with Crippen molar-refractivity contribution in [2.75, 3.05) is 17.7 Å². The minimum absolute atomic E-state index is 0.388. The van der Waals surface area contributed by atoms with Crippen molar-refractivity contribution < 1.29 is 9.53 Å².